The van der Waals surface area contributed by atoms with E-state index in [4.69, 9.17) is 0 Å². The molecule has 2 bridgehead atoms. The molecule has 0 radical (unpaired) electrons. The Labute approximate surface area is 128 Å². The average Bonchev–Trinajstić information content (AvgIpc) is 2.72. The van der Waals surface area contributed by atoms with E-state index in [9.17, 15) is 4.79 Å². The molecule has 3 unspecified atom stereocenters. The largest absolute Gasteiger partial charge is 0.294 e. The van der Waals surface area contributed by atoms with Crippen LogP contribution in [0.1, 0.15) is 52.2 Å². The van der Waals surface area contributed by atoms with E-state index in [1.807, 2.05) is 0 Å². The Hall–Kier alpha value is -1.37. The van der Waals surface area contributed by atoms with Crippen LogP contribution in [0, 0.1) is 22.7 Å². The Morgan fingerprint density at radius 2 is 1.81 bits per heavy atom. The highest BCUT2D eigenvalue weighted by atomic mass is 16.1. The summed E-state index contributed by atoms with van der Waals surface area (Å²) in [4.78, 5) is 13.0. The van der Waals surface area contributed by atoms with Gasteiger partial charge in [-0.25, -0.2) is 0 Å². The van der Waals surface area contributed by atoms with Crippen LogP contribution in [0.15, 0.2) is 29.8 Å². The van der Waals surface area contributed by atoms with Crippen LogP contribution in [0.3, 0.4) is 0 Å². The third kappa shape index (κ3) is 1.79. The summed E-state index contributed by atoms with van der Waals surface area (Å²) >= 11 is 0. The van der Waals surface area contributed by atoms with Crippen LogP contribution < -0.4 is 0 Å². The first kappa shape index (κ1) is 14.6. The molecule has 1 heteroatoms. The van der Waals surface area contributed by atoms with E-state index in [1.54, 1.807) is 0 Å². The van der Waals surface area contributed by atoms with Gasteiger partial charge >= 0.3 is 0 Å². The van der Waals surface area contributed by atoms with E-state index in [0.29, 0.717) is 17.6 Å². The van der Waals surface area contributed by atoms with Gasteiger partial charge in [-0.15, -0.1) is 0 Å². The van der Waals surface area contributed by atoms with Gasteiger partial charge in [0.1, 0.15) is 0 Å². The number of fused-ring (bicyclic) bond motifs is 2. The molecule has 3 rings (SSSR count). The van der Waals surface area contributed by atoms with Crippen molar-refractivity contribution in [1.29, 1.82) is 0 Å². The molecule has 3 atom stereocenters. The molecular formula is C20H26O. The zero-order chi connectivity index (χ0) is 15.4. The summed E-state index contributed by atoms with van der Waals surface area (Å²) in [5.74, 6) is 1.29. The van der Waals surface area contributed by atoms with Crippen LogP contribution in [0.5, 0.6) is 0 Å². The van der Waals surface area contributed by atoms with Crippen LogP contribution in [0.2, 0.25) is 0 Å². The number of benzene rings is 1. The van der Waals surface area contributed by atoms with E-state index >= 15 is 0 Å². The number of aryl methyl sites for hydroxylation is 1. The van der Waals surface area contributed by atoms with Gasteiger partial charge < -0.3 is 0 Å². The van der Waals surface area contributed by atoms with Crippen molar-refractivity contribution in [3.63, 3.8) is 0 Å². The molecule has 0 spiro atoms. The molecule has 2 aliphatic rings. The fourth-order valence-electron chi connectivity index (χ4n) is 4.57. The first-order valence-corrected chi connectivity index (χ1v) is 8.17. The number of carbonyl (C=O) groups excluding carboxylic acids is 1. The highest BCUT2D eigenvalue weighted by molar-refractivity contribution is 6.08. The lowest BCUT2D eigenvalue weighted by Crippen LogP contribution is -2.37. The highest BCUT2D eigenvalue weighted by Gasteiger charge is 2.67. The summed E-state index contributed by atoms with van der Waals surface area (Å²) in [6, 6.07) is 8.62. The van der Waals surface area contributed by atoms with Crippen LogP contribution in [0.4, 0.5) is 0 Å². The number of allylic oxidation sites excluding steroid dienone is 1. The van der Waals surface area contributed by atoms with E-state index in [2.05, 4.69) is 65.0 Å². The monoisotopic (exact) mass is 282 g/mol. The van der Waals surface area contributed by atoms with Crippen molar-refractivity contribution in [2.24, 2.45) is 22.7 Å². The summed E-state index contributed by atoms with van der Waals surface area (Å²) in [6.45, 7) is 11.1. The minimum atomic E-state index is -0.188. The molecule has 1 aromatic rings. The Kier molecular flexibility index (Phi) is 3.16. The maximum absolute atomic E-state index is 13.0. The van der Waals surface area contributed by atoms with Crippen LogP contribution in [-0.4, -0.2) is 5.78 Å². The summed E-state index contributed by atoms with van der Waals surface area (Å²) < 4.78 is 0. The molecule has 2 fully saturated rings. The molecule has 0 aliphatic heterocycles. The lowest BCUT2D eigenvalue weighted by Gasteiger charge is -2.35. The number of rotatable bonds is 2. The maximum Gasteiger partial charge on any atom is 0.165 e. The number of carbonyl (C=O) groups is 1. The van der Waals surface area contributed by atoms with Crippen molar-refractivity contribution in [1.82, 2.24) is 0 Å². The Morgan fingerprint density at radius 3 is 2.29 bits per heavy atom. The molecule has 0 aromatic heterocycles. The standard InChI is InChI=1S/C20H26O/c1-6-14-7-9-15(10-8-14)12-16-17-11-13(2)20(5,18(16)21)19(17,3)4/h7-10,12-13,17H,6,11H2,1-5H3/b16-12-. The number of hydrogen-bond acceptors (Lipinski definition) is 1. The van der Waals surface area contributed by atoms with E-state index in [0.717, 1.165) is 24.0 Å². The van der Waals surface area contributed by atoms with Gasteiger partial charge in [-0.1, -0.05) is 58.9 Å². The quantitative estimate of drug-likeness (QED) is 0.705. The average molecular weight is 282 g/mol. The molecule has 1 nitrogen and oxygen atoms in total. The zero-order valence-electron chi connectivity index (χ0n) is 13.9. The SMILES string of the molecule is CCc1ccc(/C=C2\C(=O)C3(C)C(C)CC2C3(C)C)cc1. The number of ketones is 1. The molecule has 2 aliphatic carbocycles. The normalized spacial score (nSPS) is 35.7. The second-order valence-electron chi connectivity index (χ2n) is 7.64. The van der Waals surface area contributed by atoms with Gasteiger partial charge in [0.15, 0.2) is 5.78 Å². The number of hydrogen-bond donors (Lipinski definition) is 0. The molecular weight excluding hydrogens is 256 g/mol. The maximum atomic E-state index is 13.0. The lowest BCUT2D eigenvalue weighted by atomic mass is 9.66. The smallest absolute Gasteiger partial charge is 0.165 e. The number of Topliss-reactive ketones (excluding diaryl/α,β-unsaturated/α-hetero) is 1. The van der Waals surface area contributed by atoms with Gasteiger partial charge in [0, 0.05) is 5.41 Å². The third-order valence-electron chi connectivity index (χ3n) is 6.60. The van der Waals surface area contributed by atoms with E-state index in [-0.39, 0.29) is 10.8 Å². The minimum Gasteiger partial charge on any atom is -0.294 e. The fourth-order valence-corrected chi connectivity index (χ4v) is 4.57. The first-order chi connectivity index (χ1) is 9.82. The molecule has 1 aromatic carbocycles. The van der Waals surface area contributed by atoms with E-state index in [1.165, 1.54) is 5.56 Å². The molecule has 0 amide bonds. The summed E-state index contributed by atoms with van der Waals surface area (Å²) in [7, 11) is 0. The molecule has 112 valence electrons. The van der Waals surface area contributed by atoms with Crippen molar-refractivity contribution in [3.8, 4) is 0 Å². The van der Waals surface area contributed by atoms with Gasteiger partial charge in [-0.2, -0.15) is 0 Å². The first-order valence-electron chi connectivity index (χ1n) is 8.17. The van der Waals surface area contributed by atoms with Crippen molar-refractivity contribution < 1.29 is 4.79 Å². The van der Waals surface area contributed by atoms with Crippen molar-refractivity contribution >= 4 is 11.9 Å². The van der Waals surface area contributed by atoms with Gasteiger partial charge in [-0.05, 0) is 52.9 Å². The molecule has 0 saturated heterocycles. The summed E-state index contributed by atoms with van der Waals surface area (Å²) in [6.07, 6.45) is 4.35. The Morgan fingerprint density at radius 1 is 1.19 bits per heavy atom. The van der Waals surface area contributed by atoms with Gasteiger partial charge in [0.25, 0.3) is 0 Å². The van der Waals surface area contributed by atoms with Crippen molar-refractivity contribution in [2.45, 2.75) is 47.5 Å². The lowest BCUT2D eigenvalue weighted by molar-refractivity contribution is -0.127. The predicted molar refractivity (Wildman–Crippen MR) is 88.0 cm³/mol. The van der Waals surface area contributed by atoms with Crippen LogP contribution in [-0.2, 0) is 11.2 Å². The van der Waals surface area contributed by atoms with Gasteiger partial charge in [-0.3, -0.25) is 4.79 Å². The molecule has 0 heterocycles. The molecule has 21 heavy (non-hydrogen) atoms. The second-order valence-corrected chi connectivity index (χ2v) is 7.64. The summed E-state index contributed by atoms with van der Waals surface area (Å²) in [5.41, 5.74) is 3.46. The topological polar surface area (TPSA) is 17.1 Å². The zero-order valence-corrected chi connectivity index (χ0v) is 13.9. The van der Waals surface area contributed by atoms with Crippen molar-refractivity contribution in [3.05, 3.63) is 41.0 Å². The highest BCUT2D eigenvalue weighted by Crippen LogP contribution is 2.68. The van der Waals surface area contributed by atoms with E-state index < -0.39 is 0 Å². The van der Waals surface area contributed by atoms with Crippen molar-refractivity contribution in [2.75, 3.05) is 0 Å². The predicted octanol–water partition coefficient (Wildman–Crippen LogP) is 4.90. The Bertz CT molecular complexity index is 605. The third-order valence-corrected chi connectivity index (χ3v) is 6.60. The summed E-state index contributed by atoms with van der Waals surface area (Å²) in [5, 5.41) is 0. The Balaban J connectivity index is 2.01. The van der Waals surface area contributed by atoms with Gasteiger partial charge in [0.2, 0.25) is 0 Å². The molecule has 0 N–H and O–H groups in total. The van der Waals surface area contributed by atoms with Crippen LogP contribution >= 0.6 is 0 Å². The fraction of sp³-hybridized carbons (Fsp3) is 0.550. The van der Waals surface area contributed by atoms with Gasteiger partial charge in [0.05, 0.1) is 0 Å². The molecule has 2 saturated carbocycles. The second kappa shape index (κ2) is 4.56. The minimum absolute atomic E-state index is 0.0820. The van der Waals surface area contributed by atoms with Crippen LogP contribution in [0.25, 0.3) is 6.08 Å².